The summed E-state index contributed by atoms with van der Waals surface area (Å²) in [4.78, 5) is 25.3. The number of hydrogen-bond donors (Lipinski definition) is 1. The van der Waals surface area contributed by atoms with Crippen molar-refractivity contribution in [3.05, 3.63) is 47.2 Å². The first kappa shape index (κ1) is 29.0. The van der Waals surface area contributed by atoms with E-state index in [4.69, 9.17) is 18.7 Å². The van der Waals surface area contributed by atoms with Crippen LogP contribution in [-0.2, 0) is 25.3 Å². The monoisotopic (exact) mass is 533 g/mol. The van der Waals surface area contributed by atoms with Gasteiger partial charge in [-0.1, -0.05) is 38.0 Å². The van der Waals surface area contributed by atoms with Gasteiger partial charge in [0, 0.05) is 17.4 Å². The zero-order valence-corrected chi connectivity index (χ0v) is 23.5. The summed E-state index contributed by atoms with van der Waals surface area (Å²) in [5.41, 5.74) is 1.86. The number of rotatable bonds is 12. The van der Waals surface area contributed by atoms with Crippen LogP contribution >= 0.6 is 7.52 Å². The van der Waals surface area contributed by atoms with Crippen LogP contribution in [0.1, 0.15) is 83.8 Å². The van der Waals surface area contributed by atoms with Crippen LogP contribution in [0, 0.1) is 5.92 Å². The number of hydrogen-bond acceptors (Lipinski definition) is 7. The molecule has 204 valence electrons. The van der Waals surface area contributed by atoms with Gasteiger partial charge in [-0.05, 0) is 71.1 Å². The second-order valence-electron chi connectivity index (χ2n) is 9.66. The number of esters is 1. The fraction of sp³-hybridized carbons (Fsp3) is 0.571. The van der Waals surface area contributed by atoms with Crippen molar-refractivity contribution in [2.24, 2.45) is 5.92 Å². The van der Waals surface area contributed by atoms with Gasteiger partial charge in [0.05, 0.1) is 13.2 Å². The van der Waals surface area contributed by atoms with E-state index in [1.165, 1.54) is 12.5 Å². The van der Waals surface area contributed by atoms with Crippen LogP contribution in [0.4, 0.5) is 4.79 Å². The van der Waals surface area contributed by atoms with E-state index in [2.05, 4.69) is 31.6 Å². The van der Waals surface area contributed by atoms with E-state index in [-0.39, 0.29) is 30.8 Å². The maximum Gasteiger partial charge on any atom is 0.424 e. The van der Waals surface area contributed by atoms with Crippen molar-refractivity contribution in [1.82, 2.24) is 5.09 Å². The standard InChI is InChI=1S/C28H40NO7P/c1-7-10-11-12-21-16-24-26(23-15-18(4)13-14-22(23)20(6)35-24)25(17-21)36-37(32,28(31)34-9-3)29-19(5)27(30)33-8-2/h15-17,19,22-23H,6-14H2,1-5H3,(H,29,32). The Labute approximate surface area is 220 Å². The van der Waals surface area contributed by atoms with Crippen LogP contribution in [0.5, 0.6) is 11.5 Å². The van der Waals surface area contributed by atoms with Gasteiger partial charge in [0.25, 0.3) is 0 Å². The summed E-state index contributed by atoms with van der Waals surface area (Å²) in [6, 6.07) is 2.77. The van der Waals surface area contributed by atoms with Crippen molar-refractivity contribution < 1.29 is 32.9 Å². The molecule has 4 atom stereocenters. The van der Waals surface area contributed by atoms with Gasteiger partial charge in [0.2, 0.25) is 0 Å². The Morgan fingerprint density at radius 2 is 1.92 bits per heavy atom. The molecular weight excluding hydrogens is 493 g/mol. The number of fused-ring (bicyclic) bond motifs is 3. The molecule has 0 saturated heterocycles. The lowest BCUT2D eigenvalue weighted by Crippen LogP contribution is -2.36. The Hall–Kier alpha value is -2.57. The fourth-order valence-corrected chi connectivity index (χ4v) is 6.41. The van der Waals surface area contributed by atoms with Gasteiger partial charge in [0.1, 0.15) is 23.3 Å². The lowest BCUT2D eigenvalue weighted by molar-refractivity contribution is -0.144. The second kappa shape index (κ2) is 12.8. The van der Waals surface area contributed by atoms with Crippen LogP contribution in [-0.4, -0.2) is 30.9 Å². The van der Waals surface area contributed by atoms with Gasteiger partial charge in [-0.25, -0.2) is 14.4 Å². The maximum atomic E-state index is 14.0. The highest BCUT2D eigenvalue weighted by atomic mass is 31.2. The lowest BCUT2D eigenvalue weighted by atomic mass is 9.74. The third kappa shape index (κ3) is 6.85. The molecular formula is C28H40NO7P. The first-order valence-electron chi connectivity index (χ1n) is 13.3. The molecule has 0 bridgehead atoms. The molecule has 0 aromatic heterocycles. The van der Waals surface area contributed by atoms with E-state index >= 15 is 0 Å². The van der Waals surface area contributed by atoms with Gasteiger partial charge in [-0.3, -0.25) is 4.79 Å². The summed E-state index contributed by atoms with van der Waals surface area (Å²) < 4.78 is 36.5. The molecule has 0 amide bonds. The van der Waals surface area contributed by atoms with Gasteiger partial charge >= 0.3 is 19.2 Å². The Bertz CT molecular complexity index is 1100. The molecule has 0 spiro atoms. The summed E-state index contributed by atoms with van der Waals surface area (Å²) in [6.45, 7) is 13.3. The first-order valence-corrected chi connectivity index (χ1v) is 14.9. The van der Waals surface area contributed by atoms with Gasteiger partial charge < -0.3 is 18.7 Å². The highest BCUT2D eigenvalue weighted by molar-refractivity contribution is 7.74. The number of benzene rings is 1. The quantitative estimate of drug-likeness (QED) is 0.132. The van der Waals surface area contributed by atoms with Crippen LogP contribution in [0.3, 0.4) is 0 Å². The second-order valence-corrected chi connectivity index (χ2v) is 11.6. The van der Waals surface area contributed by atoms with Crippen molar-refractivity contribution in [1.29, 1.82) is 0 Å². The Morgan fingerprint density at radius 3 is 2.59 bits per heavy atom. The number of ether oxygens (including phenoxy) is 3. The number of carbonyl (C=O) groups excluding carboxylic acids is 2. The molecule has 1 N–H and O–H groups in total. The average molecular weight is 534 g/mol. The number of allylic oxidation sites excluding steroid dienone is 3. The molecule has 9 heteroatoms. The molecule has 0 fully saturated rings. The summed E-state index contributed by atoms with van der Waals surface area (Å²) >= 11 is 0. The van der Waals surface area contributed by atoms with Crippen LogP contribution in [0.25, 0.3) is 0 Å². The van der Waals surface area contributed by atoms with E-state index in [0.717, 1.165) is 49.7 Å². The van der Waals surface area contributed by atoms with E-state index < -0.39 is 25.2 Å². The Morgan fingerprint density at radius 1 is 1.19 bits per heavy atom. The lowest BCUT2D eigenvalue weighted by Gasteiger charge is -2.38. The molecule has 1 aromatic rings. The van der Waals surface area contributed by atoms with Crippen molar-refractivity contribution in [3.63, 3.8) is 0 Å². The summed E-state index contributed by atoms with van der Waals surface area (Å²) in [6.07, 6.45) is 7.85. The molecule has 1 aliphatic carbocycles. The zero-order chi connectivity index (χ0) is 27.2. The van der Waals surface area contributed by atoms with Gasteiger partial charge in [-0.15, -0.1) is 0 Å². The molecule has 1 aromatic carbocycles. The highest BCUT2D eigenvalue weighted by Gasteiger charge is 2.43. The number of carbonyl (C=O) groups is 2. The molecule has 4 unspecified atom stereocenters. The zero-order valence-electron chi connectivity index (χ0n) is 22.6. The first-order chi connectivity index (χ1) is 17.6. The molecule has 2 aliphatic rings. The van der Waals surface area contributed by atoms with E-state index in [1.807, 2.05) is 12.1 Å². The molecule has 1 aliphatic heterocycles. The summed E-state index contributed by atoms with van der Waals surface area (Å²) in [5.74, 6) is 0.880. The largest absolute Gasteiger partial charge is 0.465 e. The Kier molecular flexibility index (Phi) is 10.0. The smallest absolute Gasteiger partial charge is 0.424 e. The third-order valence-corrected chi connectivity index (χ3v) is 8.50. The minimum Gasteiger partial charge on any atom is -0.465 e. The minimum absolute atomic E-state index is 0.00633. The molecule has 0 saturated carbocycles. The predicted octanol–water partition coefficient (Wildman–Crippen LogP) is 7.03. The van der Waals surface area contributed by atoms with Crippen LogP contribution in [0.15, 0.2) is 36.1 Å². The van der Waals surface area contributed by atoms with Crippen molar-refractivity contribution in [2.45, 2.75) is 85.1 Å². The highest BCUT2D eigenvalue weighted by Crippen LogP contribution is 2.55. The van der Waals surface area contributed by atoms with E-state index in [9.17, 15) is 14.2 Å². The van der Waals surface area contributed by atoms with Crippen molar-refractivity contribution in [2.75, 3.05) is 13.2 Å². The number of unbranched alkanes of at least 4 members (excludes halogenated alkanes) is 2. The fourth-order valence-electron chi connectivity index (χ4n) is 4.84. The minimum atomic E-state index is -4.37. The molecule has 1 heterocycles. The molecule has 8 nitrogen and oxygen atoms in total. The van der Waals surface area contributed by atoms with E-state index in [0.29, 0.717) is 11.5 Å². The summed E-state index contributed by atoms with van der Waals surface area (Å²) in [7, 11) is -4.37. The van der Waals surface area contributed by atoms with Crippen molar-refractivity contribution in [3.8, 4) is 11.5 Å². The average Bonchev–Trinajstić information content (AvgIpc) is 2.84. The van der Waals surface area contributed by atoms with Gasteiger partial charge in [-0.2, -0.15) is 0 Å². The topological polar surface area (TPSA) is 100 Å². The number of aryl methyl sites for hydroxylation is 1. The molecule has 0 radical (unpaired) electrons. The number of nitrogens with one attached hydrogen (secondary N) is 1. The van der Waals surface area contributed by atoms with Gasteiger partial charge in [0.15, 0.2) is 0 Å². The Balaban J connectivity index is 2.10. The predicted molar refractivity (Wildman–Crippen MR) is 143 cm³/mol. The normalized spacial score (nSPS) is 20.9. The summed E-state index contributed by atoms with van der Waals surface area (Å²) in [5, 5.41) is 2.59. The molecule has 37 heavy (non-hydrogen) atoms. The maximum absolute atomic E-state index is 14.0. The van der Waals surface area contributed by atoms with E-state index in [1.54, 1.807) is 13.8 Å². The SMILES string of the molecule is C=C1Oc2cc(CCCCC)cc(OP(=O)(NC(C)C(=O)OCC)C(=O)OCC)c2C2C=C(C)CCC12. The van der Waals surface area contributed by atoms with Crippen LogP contribution in [0.2, 0.25) is 0 Å². The van der Waals surface area contributed by atoms with Crippen molar-refractivity contribution >= 4 is 19.2 Å². The molecule has 3 rings (SSSR count). The third-order valence-electron chi connectivity index (χ3n) is 6.71. The van der Waals surface area contributed by atoms with Crippen LogP contribution < -0.4 is 14.3 Å².